The molecule has 2 atom stereocenters. The van der Waals surface area contributed by atoms with Gasteiger partial charge < -0.3 is 0 Å². The molecule has 1 aromatic carbocycles. The summed E-state index contributed by atoms with van der Waals surface area (Å²) < 4.78 is 0. The van der Waals surface area contributed by atoms with E-state index in [-0.39, 0.29) is 0 Å². The van der Waals surface area contributed by atoms with Crippen molar-refractivity contribution in [3.05, 3.63) is 35.4 Å². The smallest absolute Gasteiger partial charge is 0.00828 e. The lowest BCUT2D eigenvalue weighted by atomic mass is 9.90. The minimum Gasteiger partial charge on any atom is -0.175 e. The molecule has 0 saturated heterocycles. The van der Waals surface area contributed by atoms with Crippen LogP contribution in [-0.4, -0.2) is 5.25 Å². The summed E-state index contributed by atoms with van der Waals surface area (Å²) in [5.74, 6) is 0.600. The Morgan fingerprint density at radius 2 is 1.58 bits per heavy atom. The van der Waals surface area contributed by atoms with Gasteiger partial charge in [-0.1, -0.05) is 64.3 Å². The van der Waals surface area contributed by atoms with E-state index >= 15 is 0 Å². The summed E-state index contributed by atoms with van der Waals surface area (Å²) in [4.78, 5) is 0. The van der Waals surface area contributed by atoms with E-state index in [4.69, 9.17) is 12.6 Å². The lowest BCUT2D eigenvalue weighted by Crippen LogP contribution is -2.11. The van der Waals surface area contributed by atoms with Gasteiger partial charge in [0.15, 0.2) is 0 Å². The van der Waals surface area contributed by atoms with Crippen LogP contribution in [0.15, 0.2) is 24.3 Å². The molecular weight excluding hydrogens is 248 g/mol. The molecule has 0 nitrogen and oxygen atoms in total. The van der Waals surface area contributed by atoms with Crippen molar-refractivity contribution < 1.29 is 0 Å². The third kappa shape index (κ3) is 5.60. The van der Waals surface area contributed by atoms with Crippen molar-refractivity contribution in [3.63, 3.8) is 0 Å². The zero-order chi connectivity index (χ0) is 14.1. The van der Waals surface area contributed by atoms with Crippen LogP contribution in [0.2, 0.25) is 0 Å². The maximum Gasteiger partial charge on any atom is 0.00828 e. The van der Waals surface area contributed by atoms with Gasteiger partial charge in [0.05, 0.1) is 0 Å². The fourth-order valence-corrected chi connectivity index (χ4v) is 3.08. The second kappa shape index (κ2) is 9.47. The van der Waals surface area contributed by atoms with Crippen LogP contribution >= 0.6 is 12.6 Å². The van der Waals surface area contributed by atoms with Gasteiger partial charge in [-0.05, 0) is 42.7 Å². The van der Waals surface area contributed by atoms with E-state index in [9.17, 15) is 0 Å². The normalized spacial score (nSPS) is 14.3. The highest BCUT2D eigenvalue weighted by Gasteiger charge is 2.16. The first-order chi connectivity index (χ1) is 9.22. The van der Waals surface area contributed by atoms with Crippen molar-refractivity contribution >= 4 is 12.6 Å². The molecule has 0 spiro atoms. The Labute approximate surface area is 125 Å². The molecule has 108 valence electrons. The van der Waals surface area contributed by atoms with Crippen molar-refractivity contribution in [2.75, 3.05) is 0 Å². The maximum absolute atomic E-state index is 4.72. The molecule has 0 radical (unpaired) electrons. The average molecular weight is 279 g/mol. The Morgan fingerprint density at radius 1 is 0.895 bits per heavy atom. The Balaban J connectivity index is 2.54. The lowest BCUT2D eigenvalue weighted by Gasteiger charge is -2.21. The van der Waals surface area contributed by atoms with E-state index in [2.05, 4.69) is 45.0 Å². The molecule has 1 aromatic rings. The monoisotopic (exact) mass is 278 g/mol. The Hall–Kier alpha value is -0.430. The first kappa shape index (κ1) is 16.6. The number of rotatable bonds is 9. The summed E-state index contributed by atoms with van der Waals surface area (Å²) in [7, 11) is 0. The standard InChI is InChI=1S/C18H30S/c1-4-7-8-9-10-15-11-13-16(14-12-15)17(5-2)18(19)6-3/h11-14,17-19H,4-10H2,1-3H3. The van der Waals surface area contributed by atoms with Crippen molar-refractivity contribution in [3.8, 4) is 0 Å². The van der Waals surface area contributed by atoms with Crippen LogP contribution in [0, 0.1) is 0 Å². The zero-order valence-electron chi connectivity index (χ0n) is 12.9. The first-order valence-corrected chi connectivity index (χ1v) is 8.51. The Morgan fingerprint density at radius 3 is 2.11 bits per heavy atom. The van der Waals surface area contributed by atoms with E-state index in [0.717, 1.165) is 6.42 Å². The fraction of sp³-hybridized carbons (Fsp3) is 0.667. The predicted molar refractivity (Wildman–Crippen MR) is 90.4 cm³/mol. The van der Waals surface area contributed by atoms with E-state index in [0.29, 0.717) is 11.2 Å². The molecule has 0 heterocycles. The van der Waals surface area contributed by atoms with Gasteiger partial charge >= 0.3 is 0 Å². The van der Waals surface area contributed by atoms with E-state index in [1.165, 1.54) is 49.7 Å². The Kier molecular flexibility index (Phi) is 8.29. The highest BCUT2D eigenvalue weighted by molar-refractivity contribution is 7.81. The number of benzene rings is 1. The molecule has 0 N–H and O–H groups in total. The first-order valence-electron chi connectivity index (χ1n) is 7.99. The van der Waals surface area contributed by atoms with E-state index in [1.807, 2.05) is 0 Å². The molecule has 1 rings (SSSR count). The van der Waals surface area contributed by atoms with Crippen LogP contribution in [0.25, 0.3) is 0 Å². The van der Waals surface area contributed by atoms with Gasteiger partial charge in [-0.15, -0.1) is 0 Å². The molecule has 1 heteroatoms. The highest BCUT2D eigenvalue weighted by Crippen LogP contribution is 2.29. The third-order valence-electron chi connectivity index (χ3n) is 4.05. The van der Waals surface area contributed by atoms with Crippen LogP contribution in [0.1, 0.15) is 76.3 Å². The molecular formula is C18H30S. The van der Waals surface area contributed by atoms with Crippen LogP contribution in [0.4, 0.5) is 0 Å². The summed E-state index contributed by atoms with van der Waals surface area (Å²) >= 11 is 4.72. The largest absolute Gasteiger partial charge is 0.175 e. The number of thiol groups is 1. The van der Waals surface area contributed by atoms with E-state index in [1.54, 1.807) is 0 Å². The third-order valence-corrected chi connectivity index (χ3v) is 4.77. The van der Waals surface area contributed by atoms with Gasteiger partial charge in [0, 0.05) is 5.25 Å². The number of hydrogen-bond acceptors (Lipinski definition) is 1. The number of unbranched alkanes of at least 4 members (excludes halogenated alkanes) is 3. The molecule has 0 aromatic heterocycles. The summed E-state index contributed by atoms with van der Waals surface area (Å²) in [6, 6.07) is 9.28. The van der Waals surface area contributed by atoms with Crippen LogP contribution in [0.5, 0.6) is 0 Å². The average Bonchev–Trinajstić information content (AvgIpc) is 2.45. The summed E-state index contributed by atoms with van der Waals surface area (Å²) in [5.41, 5.74) is 2.95. The molecule has 0 aliphatic rings. The van der Waals surface area contributed by atoms with Crippen molar-refractivity contribution in [1.29, 1.82) is 0 Å². The van der Waals surface area contributed by atoms with Gasteiger partial charge in [-0.25, -0.2) is 0 Å². The fourth-order valence-electron chi connectivity index (χ4n) is 2.70. The lowest BCUT2D eigenvalue weighted by molar-refractivity contribution is 0.614. The van der Waals surface area contributed by atoms with E-state index < -0.39 is 0 Å². The van der Waals surface area contributed by atoms with Gasteiger partial charge in [0.1, 0.15) is 0 Å². The van der Waals surface area contributed by atoms with Crippen molar-refractivity contribution in [2.24, 2.45) is 0 Å². The van der Waals surface area contributed by atoms with Crippen molar-refractivity contribution in [1.82, 2.24) is 0 Å². The van der Waals surface area contributed by atoms with Crippen molar-refractivity contribution in [2.45, 2.75) is 76.9 Å². The van der Waals surface area contributed by atoms with Crippen LogP contribution < -0.4 is 0 Å². The quantitative estimate of drug-likeness (QED) is 0.415. The molecule has 0 fully saturated rings. The van der Waals surface area contributed by atoms with Crippen LogP contribution in [-0.2, 0) is 6.42 Å². The molecule has 0 aliphatic carbocycles. The maximum atomic E-state index is 4.72. The molecule has 0 aliphatic heterocycles. The predicted octanol–water partition coefficient (Wildman–Crippen LogP) is 6.01. The second-order valence-corrected chi connectivity index (χ2v) is 6.21. The minimum atomic E-state index is 0.486. The highest BCUT2D eigenvalue weighted by atomic mass is 32.1. The minimum absolute atomic E-state index is 0.486. The van der Waals surface area contributed by atoms with Crippen LogP contribution in [0.3, 0.4) is 0 Å². The second-order valence-electron chi connectivity index (χ2n) is 5.54. The number of aryl methyl sites for hydroxylation is 1. The SMILES string of the molecule is CCCCCCc1ccc(C(CC)C(S)CC)cc1. The summed E-state index contributed by atoms with van der Waals surface area (Å²) in [6.45, 7) is 6.76. The molecule has 19 heavy (non-hydrogen) atoms. The molecule has 0 saturated carbocycles. The molecule has 2 unspecified atom stereocenters. The topological polar surface area (TPSA) is 0 Å². The number of hydrogen-bond donors (Lipinski definition) is 1. The molecule has 0 bridgehead atoms. The summed E-state index contributed by atoms with van der Waals surface area (Å²) in [5, 5.41) is 0.486. The molecule has 0 amide bonds. The van der Waals surface area contributed by atoms with Gasteiger partial charge in [0.2, 0.25) is 0 Å². The van der Waals surface area contributed by atoms with Gasteiger partial charge in [-0.2, -0.15) is 12.6 Å². The zero-order valence-corrected chi connectivity index (χ0v) is 13.8. The van der Waals surface area contributed by atoms with Gasteiger partial charge in [0.25, 0.3) is 0 Å². The Bertz CT molecular complexity index is 328. The summed E-state index contributed by atoms with van der Waals surface area (Å²) in [6.07, 6.45) is 8.93. The van der Waals surface area contributed by atoms with Gasteiger partial charge in [-0.3, -0.25) is 0 Å².